The summed E-state index contributed by atoms with van der Waals surface area (Å²) in [6, 6.07) is 17.0. The van der Waals surface area contributed by atoms with Gasteiger partial charge < -0.3 is 21.3 Å². The van der Waals surface area contributed by atoms with Gasteiger partial charge in [-0.1, -0.05) is 41.9 Å². The van der Waals surface area contributed by atoms with Gasteiger partial charge in [0, 0.05) is 17.3 Å². The molecule has 9 heteroatoms. The van der Waals surface area contributed by atoms with Gasteiger partial charge in [-0.2, -0.15) is 0 Å². The van der Waals surface area contributed by atoms with E-state index in [0.717, 1.165) is 0 Å². The number of nitrogens with two attached hydrogens (primary N) is 1. The lowest BCUT2D eigenvalue weighted by Crippen LogP contribution is -2.53. The highest BCUT2D eigenvalue weighted by Gasteiger charge is 2.32. The second kappa shape index (κ2) is 10.6. The fraction of sp³-hybridized carbons (Fsp3) is 0.192. The van der Waals surface area contributed by atoms with Gasteiger partial charge in [-0.05, 0) is 65.9 Å². The monoisotopic (exact) mass is 494 g/mol. The molecular weight excluding hydrogens is 471 g/mol. The summed E-state index contributed by atoms with van der Waals surface area (Å²) in [5.74, 6) is -1.44. The number of nitrogens with one attached hydrogen (secondary N) is 2. The van der Waals surface area contributed by atoms with Gasteiger partial charge in [-0.25, -0.2) is 9.18 Å². The van der Waals surface area contributed by atoms with Crippen LogP contribution in [0.3, 0.4) is 0 Å². The Labute approximate surface area is 207 Å². The third-order valence-electron chi connectivity index (χ3n) is 5.78. The molecule has 0 saturated carbocycles. The fourth-order valence-corrected chi connectivity index (χ4v) is 4.27. The molecule has 4 rings (SSSR count). The Morgan fingerprint density at radius 2 is 1.83 bits per heavy atom. The van der Waals surface area contributed by atoms with Crippen molar-refractivity contribution in [3.05, 3.63) is 83.1 Å². The van der Waals surface area contributed by atoms with E-state index in [0.29, 0.717) is 46.8 Å². The van der Waals surface area contributed by atoms with Crippen LogP contribution in [0.1, 0.15) is 18.4 Å². The van der Waals surface area contributed by atoms with E-state index < -0.39 is 23.8 Å². The molecule has 0 unspecified atom stereocenters. The van der Waals surface area contributed by atoms with Crippen LogP contribution in [0, 0.1) is 5.82 Å². The number of rotatable bonds is 6. The number of hydrogen-bond donors (Lipinski definition) is 3. The zero-order chi connectivity index (χ0) is 24.9. The van der Waals surface area contributed by atoms with Crippen LogP contribution in [-0.2, 0) is 16.0 Å². The molecule has 0 radical (unpaired) electrons. The zero-order valence-electron chi connectivity index (χ0n) is 18.8. The molecule has 1 heterocycles. The number of hydrogen-bond acceptors (Lipinski definition) is 3. The lowest BCUT2D eigenvalue weighted by atomic mass is 9.96. The Morgan fingerprint density at radius 1 is 1.09 bits per heavy atom. The molecule has 1 aliphatic rings. The van der Waals surface area contributed by atoms with E-state index in [1.54, 1.807) is 60.7 Å². The van der Waals surface area contributed by atoms with Crippen LogP contribution in [0.5, 0.6) is 0 Å². The molecule has 4 amide bonds. The predicted molar refractivity (Wildman–Crippen MR) is 134 cm³/mol. The van der Waals surface area contributed by atoms with Gasteiger partial charge in [-0.3, -0.25) is 9.59 Å². The van der Waals surface area contributed by atoms with E-state index in [2.05, 4.69) is 10.6 Å². The zero-order valence-corrected chi connectivity index (χ0v) is 19.5. The third kappa shape index (κ3) is 5.78. The highest BCUT2D eigenvalue weighted by atomic mass is 35.5. The number of urea groups is 1. The molecule has 0 spiro atoms. The van der Waals surface area contributed by atoms with Gasteiger partial charge >= 0.3 is 6.03 Å². The smallest absolute Gasteiger partial charge is 0.319 e. The van der Waals surface area contributed by atoms with Crippen LogP contribution in [0.2, 0.25) is 5.02 Å². The maximum Gasteiger partial charge on any atom is 0.319 e. The van der Waals surface area contributed by atoms with Crippen LogP contribution in [0.15, 0.2) is 66.7 Å². The van der Waals surface area contributed by atoms with Gasteiger partial charge in [0.2, 0.25) is 11.8 Å². The molecule has 1 atom stereocenters. The minimum atomic E-state index is -0.786. The van der Waals surface area contributed by atoms with Crippen molar-refractivity contribution in [2.24, 2.45) is 5.73 Å². The van der Waals surface area contributed by atoms with Crippen molar-refractivity contribution in [2.45, 2.75) is 25.3 Å². The molecule has 4 N–H and O–H groups in total. The van der Waals surface area contributed by atoms with Crippen molar-refractivity contribution < 1.29 is 18.8 Å². The summed E-state index contributed by atoms with van der Waals surface area (Å²) >= 11 is 5.85. The van der Waals surface area contributed by atoms with E-state index in [9.17, 15) is 14.4 Å². The van der Waals surface area contributed by atoms with Gasteiger partial charge in [0.15, 0.2) is 0 Å². The molecule has 1 saturated heterocycles. The second-order valence-corrected chi connectivity index (χ2v) is 8.69. The second-order valence-electron chi connectivity index (χ2n) is 8.26. The Bertz CT molecular complexity index is 1270. The number of primary amides is 1. The van der Waals surface area contributed by atoms with E-state index in [1.807, 2.05) is 0 Å². The number of halogens is 2. The van der Waals surface area contributed by atoms with Crippen LogP contribution < -0.4 is 21.3 Å². The SMILES string of the molecule is NC(=O)Cc1ccccc1-c1ccc(N2CCC[C@@H](NC(=O)Nc3ccc(Cl)cc3)C2=O)c(F)c1. The first kappa shape index (κ1) is 24.2. The Balaban J connectivity index is 1.49. The van der Waals surface area contributed by atoms with Crippen LogP contribution in [0.4, 0.5) is 20.6 Å². The predicted octanol–water partition coefficient (Wildman–Crippen LogP) is 4.49. The molecule has 0 bridgehead atoms. The Kier molecular flexibility index (Phi) is 7.31. The summed E-state index contributed by atoms with van der Waals surface area (Å²) in [5.41, 5.74) is 7.97. The summed E-state index contributed by atoms with van der Waals surface area (Å²) < 4.78 is 15.2. The van der Waals surface area contributed by atoms with Crippen LogP contribution in [-0.4, -0.2) is 30.4 Å². The van der Waals surface area contributed by atoms with Gasteiger partial charge in [-0.15, -0.1) is 0 Å². The summed E-state index contributed by atoms with van der Waals surface area (Å²) in [5, 5.41) is 5.87. The van der Waals surface area contributed by atoms with Gasteiger partial charge in [0.1, 0.15) is 11.9 Å². The Hall–Kier alpha value is -3.91. The number of amides is 4. The first-order valence-corrected chi connectivity index (χ1v) is 11.5. The summed E-state index contributed by atoms with van der Waals surface area (Å²) in [7, 11) is 0. The lowest BCUT2D eigenvalue weighted by Gasteiger charge is -2.33. The summed E-state index contributed by atoms with van der Waals surface area (Å²) in [4.78, 5) is 38.2. The maximum absolute atomic E-state index is 15.2. The topological polar surface area (TPSA) is 105 Å². The largest absolute Gasteiger partial charge is 0.369 e. The first-order chi connectivity index (χ1) is 16.8. The average molecular weight is 495 g/mol. The highest BCUT2D eigenvalue weighted by Crippen LogP contribution is 2.31. The molecule has 35 heavy (non-hydrogen) atoms. The number of benzene rings is 3. The highest BCUT2D eigenvalue weighted by molar-refractivity contribution is 6.30. The van der Waals surface area contributed by atoms with Gasteiger partial charge in [0.05, 0.1) is 12.1 Å². The minimum absolute atomic E-state index is 0.0373. The molecule has 0 aliphatic carbocycles. The number of piperidine rings is 1. The lowest BCUT2D eigenvalue weighted by molar-refractivity contribution is -0.121. The van der Waals surface area contributed by atoms with Crippen molar-refractivity contribution >= 4 is 40.8 Å². The van der Waals surface area contributed by atoms with Crippen molar-refractivity contribution in [3.63, 3.8) is 0 Å². The molecule has 0 aromatic heterocycles. The number of carbonyl (C=O) groups excluding carboxylic acids is 3. The average Bonchev–Trinajstić information content (AvgIpc) is 2.82. The van der Waals surface area contributed by atoms with E-state index in [-0.39, 0.29) is 18.0 Å². The quantitative estimate of drug-likeness (QED) is 0.470. The molecule has 7 nitrogen and oxygen atoms in total. The molecule has 1 fully saturated rings. The van der Waals surface area contributed by atoms with Crippen molar-refractivity contribution in [1.29, 1.82) is 0 Å². The Morgan fingerprint density at radius 3 is 2.54 bits per heavy atom. The molecule has 1 aliphatic heterocycles. The summed E-state index contributed by atoms with van der Waals surface area (Å²) in [6.45, 7) is 0.338. The maximum atomic E-state index is 15.2. The normalized spacial score (nSPS) is 15.5. The molecule has 3 aromatic rings. The van der Waals surface area contributed by atoms with E-state index in [4.69, 9.17) is 17.3 Å². The summed E-state index contributed by atoms with van der Waals surface area (Å²) in [6.07, 6.45) is 1.08. The number of carbonyl (C=O) groups is 3. The van der Waals surface area contributed by atoms with Crippen molar-refractivity contribution in [3.8, 4) is 11.1 Å². The van der Waals surface area contributed by atoms with Gasteiger partial charge in [0.25, 0.3) is 0 Å². The number of anilines is 2. The first-order valence-electron chi connectivity index (χ1n) is 11.1. The van der Waals surface area contributed by atoms with Crippen molar-refractivity contribution in [1.82, 2.24) is 5.32 Å². The van der Waals surface area contributed by atoms with E-state index >= 15 is 4.39 Å². The minimum Gasteiger partial charge on any atom is -0.369 e. The number of nitrogens with zero attached hydrogens (tertiary/aromatic N) is 1. The molecule has 3 aromatic carbocycles. The molecule has 180 valence electrons. The van der Waals surface area contributed by atoms with Crippen LogP contribution >= 0.6 is 11.6 Å². The standard InChI is InChI=1S/C26H24ClFN4O3/c27-18-8-10-19(11-9-18)30-26(35)31-22-6-3-13-32(25(22)34)23-12-7-17(14-21(23)28)20-5-2-1-4-16(20)15-24(29)33/h1-2,4-5,7-12,14,22H,3,6,13,15H2,(H2,29,33)(H2,30,31,35)/t22-/m1/s1. The van der Waals surface area contributed by atoms with Crippen molar-refractivity contribution in [2.75, 3.05) is 16.8 Å². The van der Waals surface area contributed by atoms with E-state index in [1.165, 1.54) is 11.0 Å². The fourth-order valence-electron chi connectivity index (χ4n) is 4.14. The third-order valence-corrected chi connectivity index (χ3v) is 6.03. The molecular formula is C26H24ClFN4O3. The van der Waals surface area contributed by atoms with Crippen LogP contribution in [0.25, 0.3) is 11.1 Å².